The molecule has 0 radical (unpaired) electrons. The van der Waals surface area contributed by atoms with Crippen molar-refractivity contribution >= 4 is 12.1 Å². The molecule has 0 saturated heterocycles. The van der Waals surface area contributed by atoms with Gasteiger partial charge in [-0.2, -0.15) is 0 Å². The first-order valence-corrected chi connectivity index (χ1v) is 12.7. The summed E-state index contributed by atoms with van der Waals surface area (Å²) in [5.74, 6) is 2.74. The second kappa shape index (κ2) is 10.7. The molecule has 1 N–H and O–H groups in total. The van der Waals surface area contributed by atoms with Crippen LogP contribution in [0.5, 0.6) is 0 Å². The number of hydrogen-bond acceptors (Lipinski definition) is 4. The van der Waals surface area contributed by atoms with Crippen LogP contribution in [0.3, 0.4) is 0 Å². The number of pyridine rings is 1. The highest BCUT2D eigenvalue weighted by atomic mass is 16.5. The Labute approximate surface area is 198 Å². The van der Waals surface area contributed by atoms with Crippen molar-refractivity contribution in [3.05, 3.63) is 30.1 Å². The molecule has 4 saturated carbocycles. The van der Waals surface area contributed by atoms with Crippen molar-refractivity contribution in [2.45, 2.75) is 57.8 Å². The lowest BCUT2D eigenvalue weighted by molar-refractivity contribution is -0.0597. The Morgan fingerprint density at radius 1 is 1.06 bits per heavy atom. The first-order valence-electron chi connectivity index (χ1n) is 12.7. The zero-order valence-electron chi connectivity index (χ0n) is 20.3. The lowest BCUT2D eigenvalue weighted by atomic mass is 9.49. The number of nitrogens with one attached hydrogen (secondary N) is 1. The van der Waals surface area contributed by atoms with Gasteiger partial charge in [-0.1, -0.05) is 0 Å². The van der Waals surface area contributed by atoms with Crippen molar-refractivity contribution in [2.24, 2.45) is 23.2 Å². The third-order valence-electron chi connectivity index (χ3n) is 8.22. The number of aryl methyl sites for hydroxylation is 1. The van der Waals surface area contributed by atoms with E-state index in [1.807, 2.05) is 17.0 Å². The van der Waals surface area contributed by atoms with E-state index in [0.717, 1.165) is 43.6 Å². The van der Waals surface area contributed by atoms with Crippen molar-refractivity contribution in [3.63, 3.8) is 0 Å². The quantitative estimate of drug-likeness (QED) is 0.532. The van der Waals surface area contributed by atoms with E-state index in [0.29, 0.717) is 25.0 Å². The third-order valence-corrected chi connectivity index (χ3v) is 8.22. The zero-order valence-corrected chi connectivity index (χ0v) is 20.3. The van der Waals surface area contributed by atoms with Crippen molar-refractivity contribution in [3.8, 4) is 0 Å². The minimum absolute atomic E-state index is 0.0206. The van der Waals surface area contributed by atoms with Gasteiger partial charge in [0.05, 0.1) is 7.11 Å². The molecule has 0 spiro atoms. The van der Waals surface area contributed by atoms with Crippen molar-refractivity contribution in [1.82, 2.24) is 20.1 Å². The zero-order chi connectivity index (χ0) is 23.3. The molecule has 4 aliphatic rings. The summed E-state index contributed by atoms with van der Waals surface area (Å²) in [6, 6.07) is 4.01. The molecule has 4 bridgehead atoms. The SMILES string of the molecule is COC(=O)N(C)CCN(CCC12CC3CC(CC(C3)C1)C2)C(=O)NCCCc1ccncc1. The predicted molar refractivity (Wildman–Crippen MR) is 128 cm³/mol. The van der Waals surface area contributed by atoms with Crippen LogP contribution in [0.25, 0.3) is 0 Å². The number of carbonyl (C=O) groups is 2. The number of ether oxygens (including phenoxy) is 1. The number of likely N-dealkylation sites (N-methyl/N-ethyl adjacent to an activating group) is 1. The van der Waals surface area contributed by atoms with Gasteiger partial charge in [-0.25, -0.2) is 9.59 Å². The highest BCUT2D eigenvalue weighted by molar-refractivity contribution is 5.74. The Morgan fingerprint density at radius 3 is 2.30 bits per heavy atom. The van der Waals surface area contributed by atoms with E-state index in [2.05, 4.69) is 10.3 Å². The second-order valence-electron chi connectivity index (χ2n) is 10.7. The van der Waals surface area contributed by atoms with Crippen LogP contribution in [0.4, 0.5) is 9.59 Å². The van der Waals surface area contributed by atoms with Gasteiger partial charge in [-0.3, -0.25) is 4.98 Å². The van der Waals surface area contributed by atoms with Crippen LogP contribution in [-0.2, 0) is 11.2 Å². The molecule has 0 aromatic carbocycles. The molecule has 1 aromatic heterocycles. The Bertz CT molecular complexity index is 765. The first-order chi connectivity index (χ1) is 16.0. The molecular formula is C26H40N4O3. The lowest BCUT2D eigenvalue weighted by Gasteiger charge is -2.57. The highest BCUT2D eigenvalue weighted by Gasteiger charge is 2.50. The molecule has 4 aliphatic carbocycles. The topological polar surface area (TPSA) is 74.8 Å². The summed E-state index contributed by atoms with van der Waals surface area (Å²) >= 11 is 0. The van der Waals surface area contributed by atoms with Gasteiger partial charge >= 0.3 is 12.1 Å². The smallest absolute Gasteiger partial charge is 0.409 e. The van der Waals surface area contributed by atoms with Gasteiger partial charge in [-0.15, -0.1) is 0 Å². The van der Waals surface area contributed by atoms with E-state index in [4.69, 9.17) is 4.74 Å². The Kier molecular flexibility index (Phi) is 7.76. The summed E-state index contributed by atoms with van der Waals surface area (Å²) in [6.45, 7) is 2.39. The Morgan fingerprint density at radius 2 is 1.70 bits per heavy atom. The minimum atomic E-state index is -0.367. The number of aromatic nitrogens is 1. The van der Waals surface area contributed by atoms with E-state index in [-0.39, 0.29) is 12.1 Å². The normalized spacial score (nSPS) is 27.3. The maximum absolute atomic E-state index is 13.1. The molecule has 3 amide bonds. The fourth-order valence-electron chi connectivity index (χ4n) is 6.95. The molecule has 0 unspecified atom stereocenters. The number of carbonyl (C=O) groups excluding carboxylic acids is 2. The van der Waals surface area contributed by atoms with Crippen molar-refractivity contribution in [1.29, 1.82) is 0 Å². The molecule has 0 atom stereocenters. The number of amides is 3. The maximum Gasteiger partial charge on any atom is 0.409 e. The molecule has 182 valence electrons. The number of urea groups is 1. The second-order valence-corrected chi connectivity index (χ2v) is 10.7. The van der Waals surface area contributed by atoms with E-state index in [1.165, 1.54) is 56.1 Å². The van der Waals surface area contributed by atoms with Gasteiger partial charge < -0.3 is 19.9 Å². The number of rotatable bonds is 10. The standard InChI is InChI=1S/C26H40N4O3/c1-29(25(32)33-2)12-13-30(24(31)28-8-3-4-20-5-9-27-10-6-20)11-7-26-17-21-14-22(18-26)16-23(15-21)19-26/h5-6,9-10,21-23H,3-4,7-8,11-19H2,1-2H3,(H,28,31). The molecular weight excluding hydrogens is 416 g/mol. The Hall–Kier alpha value is -2.31. The molecule has 1 aromatic rings. The largest absolute Gasteiger partial charge is 0.453 e. The molecule has 7 heteroatoms. The summed E-state index contributed by atoms with van der Waals surface area (Å²) in [4.78, 5) is 32.4. The van der Waals surface area contributed by atoms with E-state index >= 15 is 0 Å². The fraction of sp³-hybridized carbons (Fsp3) is 0.731. The van der Waals surface area contributed by atoms with Crippen LogP contribution in [0.2, 0.25) is 0 Å². The molecule has 5 rings (SSSR count). The molecule has 7 nitrogen and oxygen atoms in total. The van der Waals surface area contributed by atoms with Gasteiger partial charge in [0, 0.05) is 45.6 Å². The molecule has 0 aliphatic heterocycles. The predicted octanol–water partition coefficient (Wildman–Crippen LogP) is 4.33. The number of hydrogen-bond donors (Lipinski definition) is 1. The summed E-state index contributed by atoms with van der Waals surface area (Å²) < 4.78 is 4.81. The van der Waals surface area contributed by atoms with Crippen LogP contribution in [0.1, 0.15) is 56.9 Å². The summed E-state index contributed by atoms with van der Waals surface area (Å²) in [7, 11) is 3.11. The Balaban J connectivity index is 1.30. The van der Waals surface area contributed by atoms with Crippen LogP contribution in [-0.4, -0.2) is 67.2 Å². The van der Waals surface area contributed by atoms with E-state index in [9.17, 15) is 9.59 Å². The van der Waals surface area contributed by atoms with Gasteiger partial charge in [0.25, 0.3) is 0 Å². The minimum Gasteiger partial charge on any atom is -0.453 e. The van der Waals surface area contributed by atoms with Gasteiger partial charge in [-0.05, 0) is 98.7 Å². The third kappa shape index (κ3) is 6.18. The average Bonchev–Trinajstić information content (AvgIpc) is 2.80. The summed E-state index contributed by atoms with van der Waals surface area (Å²) in [5, 5.41) is 3.12. The average molecular weight is 457 g/mol. The number of nitrogens with zero attached hydrogens (tertiary/aromatic N) is 3. The van der Waals surface area contributed by atoms with E-state index < -0.39 is 0 Å². The van der Waals surface area contributed by atoms with Gasteiger partial charge in [0.2, 0.25) is 0 Å². The van der Waals surface area contributed by atoms with E-state index in [1.54, 1.807) is 19.4 Å². The molecule has 33 heavy (non-hydrogen) atoms. The van der Waals surface area contributed by atoms with Crippen LogP contribution in [0.15, 0.2) is 24.5 Å². The summed E-state index contributed by atoms with van der Waals surface area (Å²) in [6.07, 6.45) is 14.5. The van der Waals surface area contributed by atoms with Crippen LogP contribution in [0, 0.1) is 23.2 Å². The van der Waals surface area contributed by atoms with Crippen LogP contribution >= 0.6 is 0 Å². The van der Waals surface area contributed by atoms with Gasteiger partial charge in [0.15, 0.2) is 0 Å². The van der Waals surface area contributed by atoms with Crippen LogP contribution < -0.4 is 5.32 Å². The van der Waals surface area contributed by atoms with Gasteiger partial charge in [0.1, 0.15) is 0 Å². The summed E-state index contributed by atoms with van der Waals surface area (Å²) in [5.41, 5.74) is 1.67. The van der Waals surface area contributed by atoms with Crippen molar-refractivity contribution < 1.29 is 14.3 Å². The first kappa shape index (κ1) is 23.8. The fourth-order valence-corrected chi connectivity index (χ4v) is 6.95. The van der Waals surface area contributed by atoms with Crippen molar-refractivity contribution in [2.75, 3.05) is 40.3 Å². The number of methoxy groups -OCH3 is 1. The molecule has 4 fully saturated rings. The lowest BCUT2D eigenvalue weighted by Crippen LogP contribution is -2.49. The maximum atomic E-state index is 13.1. The molecule has 1 heterocycles. The highest BCUT2D eigenvalue weighted by Crippen LogP contribution is 2.61. The monoisotopic (exact) mass is 456 g/mol.